The molecule has 0 spiro atoms. The fourth-order valence-corrected chi connectivity index (χ4v) is 7.98. The topological polar surface area (TPSA) is 51.8 Å². The Bertz CT molecular complexity index is 3260. The summed E-state index contributed by atoms with van der Waals surface area (Å²) in [6.07, 6.45) is 0. The van der Waals surface area contributed by atoms with E-state index in [0.717, 1.165) is 71.7 Å². The van der Waals surface area contributed by atoms with Crippen LogP contribution in [0.3, 0.4) is 0 Å². The van der Waals surface area contributed by atoms with E-state index < -0.39 is 0 Å². The van der Waals surface area contributed by atoms with Crippen LogP contribution in [0.15, 0.2) is 205 Å². The average molecular weight is 728 g/mol. The maximum atomic E-state index is 6.69. The Morgan fingerprint density at radius 2 is 0.754 bits per heavy atom. The molecule has 11 aromatic rings. The van der Waals surface area contributed by atoms with Gasteiger partial charge in [0.25, 0.3) is 0 Å². The molecule has 4 nitrogen and oxygen atoms in total. The van der Waals surface area contributed by atoms with Crippen LogP contribution < -0.4 is 0 Å². The molecule has 0 aliphatic heterocycles. The van der Waals surface area contributed by atoms with Crippen molar-refractivity contribution in [1.29, 1.82) is 0 Å². The third-order valence-electron chi connectivity index (χ3n) is 10.9. The van der Waals surface area contributed by atoms with Crippen LogP contribution >= 0.6 is 0 Å². The molecule has 0 amide bonds. The fourth-order valence-electron chi connectivity index (χ4n) is 7.98. The molecule has 4 heteroatoms. The highest BCUT2D eigenvalue weighted by Crippen LogP contribution is 2.41. The van der Waals surface area contributed by atoms with Crippen molar-refractivity contribution in [1.82, 2.24) is 15.0 Å². The van der Waals surface area contributed by atoms with Gasteiger partial charge in [-0.25, -0.2) is 15.0 Å². The number of nitrogens with zero attached hydrogens (tertiary/aromatic N) is 3. The van der Waals surface area contributed by atoms with E-state index in [9.17, 15) is 0 Å². The van der Waals surface area contributed by atoms with Crippen LogP contribution in [0.2, 0.25) is 0 Å². The normalized spacial score (nSPS) is 11.5. The standard InChI is InChI=1S/C53H33N3O/c1-3-11-34(12-4-1)36-19-24-39(25-20-36)52-54-51(38-14-5-2-6-15-38)55-53(56-52)40-26-22-37(23-27-40)47-33-48-45-30-29-43(42-28-21-35-13-7-8-16-41(35)31-42)32-49(45)57-50(48)46-18-10-9-17-44(46)47/h1-33H. The van der Waals surface area contributed by atoms with Crippen molar-refractivity contribution in [2.75, 3.05) is 0 Å². The van der Waals surface area contributed by atoms with Crippen LogP contribution in [0.5, 0.6) is 0 Å². The summed E-state index contributed by atoms with van der Waals surface area (Å²) in [5, 5.41) is 6.88. The van der Waals surface area contributed by atoms with Crippen LogP contribution in [0, 0.1) is 0 Å². The van der Waals surface area contributed by atoms with Gasteiger partial charge in [0.2, 0.25) is 0 Å². The van der Waals surface area contributed by atoms with Gasteiger partial charge in [-0.05, 0) is 73.8 Å². The summed E-state index contributed by atoms with van der Waals surface area (Å²) in [6, 6.07) is 69.9. The molecule has 0 radical (unpaired) electrons. The van der Waals surface area contributed by atoms with Gasteiger partial charge in [-0.2, -0.15) is 0 Å². The van der Waals surface area contributed by atoms with Gasteiger partial charge in [0.05, 0.1) is 0 Å². The highest BCUT2D eigenvalue weighted by molar-refractivity contribution is 6.19. The van der Waals surface area contributed by atoms with Crippen molar-refractivity contribution >= 4 is 43.5 Å². The molecule has 0 aliphatic carbocycles. The molecule has 0 N–H and O–H groups in total. The molecule has 9 aromatic carbocycles. The summed E-state index contributed by atoms with van der Waals surface area (Å²) >= 11 is 0. The SMILES string of the molecule is c1ccc(-c2ccc(-c3nc(-c4ccccc4)nc(-c4ccc(-c5cc6c7ccc(-c8ccc9ccccc9c8)cc7oc6c6ccccc56)cc4)n3)cc2)cc1. The number of hydrogen-bond donors (Lipinski definition) is 0. The number of furan rings is 1. The molecular weight excluding hydrogens is 695 g/mol. The van der Waals surface area contributed by atoms with Crippen LogP contribution in [0.4, 0.5) is 0 Å². The highest BCUT2D eigenvalue weighted by Gasteiger charge is 2.17. The lowest BCUT2D eigenvalue weighted by Gasteiger charge is -2.11. The molecule has 0 saturated carbocycles. The smallest absolute Gasteiger partial charge is 0.164 e. The van der Waals surface area contributed by atoms with Gasteiger partial charge in [-0.3, -0.25) is 0 Å². The summed E-state index contributed by atoms with van der Waals surface area (Å²) < 4.78 is 6.69. The monoisotopic (exact) mass is 727 g/mol. The Morgan fingerprint density at radius 3 is 1.44 bits per heavy atom. The van der Waals surface area contributed by atoms with E-state index >= 15 is 0 Å². The molecule has 2 aromatic heterocycles. The van der Waals surface area contributed by atoms with E-state index in [1.165, 1.54) is 21.9 Å². The first-order valence-corrected chi connectivity index (χ1v) is 19.2. The number of hydrogen-bond acceptors (Lipinski definition) is 4. The lowest BCUT2D eigenvalue weighted by molar-refractivity contribution is 0.673. The number of aromatic nitrogens is 3. The first kappa shape index (κ1) is 32.7. The summed E-state index contributed by atoms with van der Waals surface area (Å²) in [5.41, 5.74) is 11.4. The van der Waals surface area contributed by atoms with Crippen molar-refractivity contribution in [3.8, 4) is 67.5 Å². The van der Waals surface area contributed by atoms with Crippen molar-refractivity contribution in [2.24, 2.45) is 0 Å². The van der Waals surface area contributed by atoms with Crippen LogP contribution in [0.1, 0.15) is 0 Å². The van der Waals surface area contributed by atoms with Crippen LogP contribution in [0.25, 0.3) is 111 Å². The molecule has 0 saturated heterocycles. The molecule has 0 aliphatic rings. The maximum Gasteiger partial charge on any atom is 0.164 e. The lowest BCUT2D eigenvalue weighted by Crippen LogP contribution is -2.00. The van der Waals surface area contributed by atoms with Crippen molar-refractivity contribution in [3.63, 3.8) is 0 Å². The molecule has 2 heterocycles. The predicted octanol–water partition coefficient (Wildman–Crippen LogP) is 14.1. The zero-order valence-corrected chi connectivity index (χ0v) is 30.8. The van der Waals surface area contributed by atoms with Gasteiger partial charge in [0.15, 0.2) is 17.5 Å². The Kier molecular flexibility index (Phi) is 7.78. The van der Waals surface area contributed by atoms with Crippen molar-refractivity contribution in [2.45, 2.75) is 0 Å². The van der Waals surface area contributed by atoms with Gasteiger partial charge < -0.3 is 4.42 Å². The first-order chi connectivity index (χ1) is 28.2. The second kappa shape index (κ2) is 13.6. The lowest BCUT2D eigenvalue weighted by atomic mass is 9.94. The number of rotatable bonds is 6. The third-order valence-corrected chi connectivity index (χ3v) is 10.9. The van der Waals surface area contributed by atoms with E-state index in [-0.39, 0.29) is 0 Å². The summed E-state index contributed by atoms with van der Waals surface area (Å²) in [6.45, 7) is 0. The Balaban J connectivity index is 0.986. The van der Waals surface area contributed by atoms with E-state index in [1.54, 1.807) is 0 Å². The molecule has 11 rings (SSSR count). The minimum atomic E-state index is 0.626. The first-order valence-electron chi connectivity index (χ1n) is 19.2. The quantitative estimate of drug-likeness (QED) is 0.171. The van der Waals surface area contributed by atoms with Gasteiger partial charge in [-0.15, -0.1) is 0 Å². The van der Waals surface area contributed by atoms with E-state index in [2.05, 4.69) is 164 Å². The summed E-state index contributed by atoms with van der Waals surface area (Å²) in [7, 11) is 0. The van der Waals surface area contributed by atoms with Crippen molar-refractivity contribution < 1.29 is 4.42 Å². The van der Waals surface area contributed by atoms with E-state index in [1.807, 2.05) is 36.4 Å². The van der Waals surface area contributed by atoms with Gasteiger partial charge in [0, 0.05) is 32.8 Å². The molecule has 0 unspecified atom stereocenters. The Morgan fingerprint density at radius 1 is 0.281 bits per heavy atom. The maximum absolute atomic E-state index is 6.69. The third kappa shape index (κ3) is 5.92. The molecule has 0 bridgehead atoms. The van der Waals surface area contributed by atoms with Gasteiger partial charge in [0.1, 0.15) is 11.2 Å². The fraction of sp³-hybridized carbons (Fsp3) is 0. The molecule has 0 atom stereocenters. The van der Waals surface area contributed by atoms with Crippen molar-refractivity contribution in [3.05, 3.63) is 200 Å². The minimum absolute atomic E-state index is 0.626. The second-order valence-corrected chi connectivity index (χ2v) is 14.4. The minimum Gasteiger partial charge on any atom is -0.455 e. The van der Waals surface area contributed by atoms with Crippen LogP contribution in [-0.2, 0) is 0 Å². The molecule has 0 fully saturated rings. The van der Waals surface area contributed by atoms with Gasteiger partial charge in [-0.1, -0.05) is 176 Å². The Hall–Kier alpha value is -7.69. The Labute approximate surface area is 329 Å². The van der Waals surface area contributed by atoms with Crippen LogP contribution in [-0.4, -0.2) is 15.0 Å². The molecule has 57 heavy (non-hydrogen) atoms. The van der Waals surface area contributed by atoms with E-state index in [4.69, 9.17) is 19.4 Å². The number of fused-ring (bicyclic) bond motifs is 6. The highest BCUT2D eigenvalue weighted by atomic mass is 16.3. The molecular formula is C53H33N3O. The summed E-state index contributed by atoms with van der Waals surface area (Å²) in [5.74, 6) is 1.90. The zero-order valence-electron chi connectivity index (χ0n) is 30.8. The predicted molar refractivity (Wildman–Crippen MR) is 235 cm³/mol. The summed E-state index contributed by atoms with van der Waals surface area (Å²) in [4.78, 5) is 15.0. The van der Waals surface area contributed by atoms with E-state index in [0.29, 0.717) is 17.5 Å². The van der Waals surface area contributed by atoms with Gasteiger partial charge >= 0.3 is 0 Å². The number of benzene rings is 9. The average Bonchev–Trinajstić information content (AvgIpc) is 3.67. The molecule has 266 valence electrons. The largest absolute Gasteiger partial charge is 0.455 e. The second-order valence-electron chi connectivity index (χ2n) is 14.4. The zero-order chi connectivity index (χ0) is 37.7.